The first-order valence-corrected chi connectivity index (χ1v) is 16.3. The summed E-state index contributed by atoms with van der Waals surface area (Å²) in [5.41, 5.74) is 12.7. The van der Waals surface area contributed by atoms with E-state index < -0.39 is 0 Å². The van der Waals surface area contributed by atoms with Gasteiger partial charge >= 0.3 is 0 Å². The van der Waals surface area contributed by atoms with Gasteiger partial charge in [0.25, 0.3) is 0 Å². The second-order valence-electron chi connectivity index (χ2n) is 12.3. The molecule has 3 heterocycles. The van der Waals surface area contributed by atoms with Crippen molar-refractivity contribution in [2.45, 2.75) is 34.1 Å². The molecule has 6 heteroatoms. The normalized spacial score (nSPS) is 15.7. The average molecular weight is 609 g/mol. The fourth-order valence-electron chi connectivity index (χ4n) is 5.99. The van der Waals surface area contributed by atoms with Crippen LogP contribution in [-0.2, 0) is 0 Å². The number of anilines is 2. The van der Waals surface area contributed by atoms with Crippen molar-refractivity contribution < 1.29 is 0 Å². The van der Waals surface area contributed by atoms with Crippen LogP contribution in [0.4, 0.5) is 11.4 Å². The maximum absolute atomic E-state index is 4.69. The maximum atomic E-state index is 4.69. The second kappa shape index (κ2) is 14.1. The summed E-state index contributed by atoms with van der Waals surface area (Å²) < 4.78 is 2.03. The van der Waals surface area contributed by atoms with Gasteiger partial charge in [-0.25, -0.2) is 4.98 Å². The third-order valence-corrected chi connectivity index (χ3v) is 8.99. The fraction of sp³-hybridized carbons (Fsp3) is 0.275. The Kier molecular flexibility index (Phi) is 9.54. The number of hydrogen-bond acceptors (Lipinski definition) is 5. The first-order valence-electron chi connectivity index (χ1n) is 16.3. The van der Waals surface area contributed by atoms with Crippen molar-refractivity contribution in [1.29, 1.82) is 0 Å². The van der Waals surface area contributed by atoms with Gasteiger partial charge in [0, 0.05) is 61.6 Å². The van der Waals surface area contributed by atoms with Gasteiger partial charge in [0.2, 0.25) is 0 Å². The summed E-state index contributed by atoms with van der Waals surface area (Å²) in [5.74, 6) is 6.77. The molecule has 4 aromatic rings. The largest absolute Gasteiger partial charge is 0.356 e. The lowest BCUT2D eigenvalue weighted by molar-refractivity contribution is 0.145. The molecule has 0 saturated carbocycles. The molecule has 46 heavy (non-hydrogen) atoms. The summed E-state index contributed by atoms with van der Waals surface area (Å²) in [6.45, 7) is 19.8. The molecule has 6 rings (SSSR count). The number of benzene rings is 2. The molecule has 1 saturated heterocycles. The number of pyridine rings is 1. The number of nitrogens with zero attached hydrogens (tertiary/aromatic N) is 4. The van der Waals surface area contributed by atoms with Gasteiger partial charge in [-0.3, -0.25) is 9.30 Å². The summed E-state index contributed by atoms with van der Waals surface area (Å²) in [5, 5.41) is 7.06. The number of piperazine rings is 1. The van der Waals surface area contributed by atoms with Gasteiger partial charge in [-0.1, -0.05) is 55.3 Å². The van der Waals surface area contributed by atoms with E-state index in [9.17, 15) is 0 Å². The van der Waals surface area contributed by atoms with Crippen LogP contribution in [0.15, 0.2) is 109 Å². The standard InChI is InChI=1S/C40H44N6/c1-6-44-21-23-45(24-22-44)28-35-9-7-10-37(25-31(35)4)42-32(5)34-15-14-30(3)33(26-34)16-19-38-27-41-40-39(11-8-20-46(38)40)43-36-17-12-29(2)13-18-36/h7-8,10-15,17-18,20,25-27,42-43H,5-6,9,21-24,28H2,1-4H3. The number of imidazole rings is 1. The molecule has 2 aromatic heterocycles. The van der Waals surface area contributed by atoms with Crippen LogP contribution in [0, 0.1) is 25.7 Å². The molecule has 0 unspecified atom stereocenters. The van der Waals surface area contributed by atoms with E-state index in [1.165, 1.54) is 16.7 Å². The van der Waals surface area contributed by atoms with Crippen molar-refractivity contribution in [3.05, 3.63) is 137 Å². The van der Waals surface area contributed by atoms with E-state index in [2.05, 4.69) is 132 Å². The number of hydrogen-bond donors (Lipinski definition) is 2. The quantitative estimate of drug-likeness (QED) is 0.204. The Hall–Kier alpha value is -4.83. The highest BCUT2D eigenvalue weighted by Gasteiger charge is 2.17. The molecule has 2 aromatic carbocycles. The predicted molar refractivity (Wildman–Crippen MR) is 192 cm³/mol. The molecule has 2 aliphatic rings. The number of rotatable bonds is 8. The number of allylic oxidation sites excluding steroid dienone is 4. The Balaban J connectivity index is 1.16. The van der Waals surface area contributed by atoms with Crippen molar-refractivity contribution in [1.82, 2.24) is 24.5 Å². The molecule has 2 N–H and O–H groups in total. The molecular weight excluding hydrogens is 564 g/mol. The Morgan fingerprint density at radius 1 is 0.957 bits per heavy atom. The molecule has 0 atom stereocenters. The third kappa shape index (κ3) is 7.34. The van der Waals surface area contributed by atoms with Gasteiger partial charge < -0.3 is 15.5 Å². The Morgan fingerprint density at radius 2 is 1.74 bits per heavy atom. The third-order valence-electron chi connectivity index (χ3n) is 8.99. The molecular formula is C40H44N6. The maximum Gasteiger partial charge on any atom is 0.161 e. The number of likely N-dealkylation sites (N-methyl/N-ethyl adjacent to an activating group) is 1. The van der Waals surface area contributed by atoms with E-state index in [1.54, 1.807) is 0 Å². The average Bonchev–Trinajstić information content (AvgIpc) is 3.41. The lowest BCUT2D eigenvalue weighted by atomic mass is 10.0. The van der Waals surface area contributed by atoms with E-state index >= 15 is 0 Å². The Morgan fingerprint density at radius 3 is 2.52 bits per heavy atom. The minimum atomic E-state index is 0.836. The minimum Gasteiger partial charge on any atom is -0.356 e. The highest BCUT2D eigenvalue weighted by Crippen LogP contribution is 2.24. The lowest BCUT2D eigenvalue weighted by Gasteiger charge is -2.34. The van der Waals surface area contributed by atoms with Gasteiger partial charge in [-0.2, -0.15) is 0 Å². The molecule has 0 amide bonds. The van der Waals surface area contributed by atoms with Crippen molar-refractivity contribution in [3.8, 4) is 11.8 Å². The van der Waals surface area contributed by atoms with E-state index in [0.29, 0.717) is 0 Å². The second-order valence-corrected chi connectivity index (χ2v) is 12.3. The van der Waals surface area contributed by atoms with E-state index in [0.717, 1.165) is 96.5 Å². The summed E-state index contributed by atoms with van der Waals surface area (Å²) in [6, 6.07) is 18.8. The first kappa shape index (κ1) is 31.2. The van der Waals surface area contributed by atoms with Crippen LogP contribution in [0.1, 0.15) is 48.2 Å². The summed E-state index contributed by atoms with van der Waals surface area (Å²) in [6.07, 6.45) is 11.5. The van der Waals surface area contributed by atoms with Gasteiger partial charge in [0.1, 0.15) is 5.69 Å². The van der Waals surface area contributed by atoms with E-state index in [-0.39, 0.29) is 0 Å². The molecule has 1 fully saturated rings. The number of nitrogens with one attached hydrogen (secondary N) is 2. The molecule has 0 bridgehead atoms. The van der Waals surface area contributed by atoms with E-state index in [1.807, 2.05) is 28.9 Å². The Bertz CT molecular complexity index is 1890. The minimum absolute atomic E-state index is 0.836. The van der Waals surface area contributed by atoms with Gasteiger partial charge in [0.15, 0.2) is 5.65 Å². The topological polar surface area (TPSA) is 47.8 Å². The summed E-state index contributed by atoms with van der Waals surface area (Å²) in [7, 11) is 0. The summed E-state index contributed by atoms with van der Waals surface area (Å²) in [4.78, 5) is 9.81. The van der Waals surface area contributed by atoms with Gasteiger partial charge in [-0.15, -0.1) is 0 Å². The zero-order valence-corrected chi connectivity index (χ0v) is 27.5. The van der Waals surface area contributed by atoms with Crippen LogP contribution in [0.3, 0.4) is 0 Å². The molecule has 1 aliphatic carbocycles. The van der Waals surface area contributed by atoms with E-state index in [4.69, 9.17) is 0 Å². The molecule has 6 nitrogen and oxygen atoms in total. The van der Waals surface area contributed by atoms with Crippen LogP contribution in [0.5, 0.6) is 0 Å². The first-order chi connectivity index (χ1) is 22.4. The van der Waals surface area contributed by atoms with Crippen molar-refractivity contribution in [3.63, 3.8) is 0 Å². The van der Waals surface area contributed by atoms with Crippen LogP contribution in [0.2, 0.25) is 0 Å². The van der Waals surface area contributed by atoms with Crippen LogP contribution < -0.4 is 10.6 Å². The molecule has 234 valence electrons. The van der Waals surface area contributed by atoms with Crippen molar-refractivity contribution in [2.75, 3.05) is 44.6 Å². The Labute approximate surface area is 273 Å². The SMILES string of the molecule is C=C(NC1=CC(C)=C(CN2CCN(CC)CC2)CC=C1)c1ccc(C)c(C#Cc2cnc3c(Nc4ccc(C)cc4)cccn23)c1. The monoisotopic (exact) mass is 608 g/mol. The number of aromatic nitrogens is 2. The van der Waals surface area contributed by atoms with Crippen molar-refractivity contribution >= 4 is 22.7 Å². The smallest absolute Gasteiger partial charge is 0.161 e. The zero-order valence-electron chi connectivity index (χ0n) is 27.5. The van der Waals surface area contributed by atoms with Gasteiger partial charge in [-0.05, 0) is 104 Å². The lowest BCUT2D eigenvalue weighted by Crippen LogP contribution is -2.46. The fourth-order valence-corrected chi connectivity index (χ4v) is 5.99. The van der Waals surface area contributed by atoms with Crippen LogP contribution >= 0.6 is 0 Å². The summed E-state index contributed by atoms with van der Waals surface area (Å²) >= 11 is 0. The van der Waals surface area contributed by atoms with Crippen molar-refractivity contribution in [2.24, 2.45) is 0 Å². The number of fused-ring (bicyclic) bond motifs is 1. The highest BCUT2D eigenvalue weighted by molar-refractivity contribution is 5.74. The van der Waals surface area contributed by atoms with Crippen LogP contribution in [0.25, 0.3) is 11.3 Å². The molecule has 0 spiro atoms. The highest BCUT2D eigenvalue weighted by atomic mass is 15.3. The molecule has 1 aliphatic heterocycles. The number of aryl methyl sites for hydroxylation is 2. The zero-order chi connectivity index (χ0) is 32.0. The predicted octanol–water partition coefficient (Wildman–Crippen LogP) is 7.45. The van der Waals surface area contributed by atoms with Crippen LogP contribution in [-0.4, -0.2) is 58.5 Å². The van der Waals surface area contributed by atoms with Gasteiger partial charge in [0.05, 0.1) is 11.9 Å². The molecule has 0 radical (unpaired) electrons.